The lowest BCUT2D eigenvalue weighted by molar-refractivity contribution is 0.251. The number of carbonyl (C=O) groups is 1. The molecule has 28 heavy (non-hydrogen) atoms. The van der Waals surface area contributed by atoms with E-state index < -0.39 is 10.0 Å². The van der Waals surface area contributed by atoms with Crippen LogP contribution in [0, 0.1) is 11.8 Å². The van der Waals surface area contributed by atoms with Crippen LogP contribution < -0.4 is 15.4 Å². The van der Waals surface area contributed by atoms with Crippen molar-refractivity contribution in [3.05, 3.63) is 54.4 Å². The second-order valence-corrected chi connectivity index (χ2v) is 9.31. The van der Waals surface area contributed by atoms with Crippen molar-refractivity contribution in [1.29, 1.82) is 0 Å². The molecule has 2 aromatic rings. The normalized spacial score (nSPS) is 23.5. The van der Waals surface area contributed by atoms with Gasteiger partial charge < -0.3 is 10.6 Å². The van der Waals surface area contributed by atoms with Crippen molar-refractivity contribution in [3.63, 3.8) is 0 Å². The molecule has 4 rings (SSSR count). The second kappa shape index (κ2) is 7.89. The van der Waals surface area contributed by atoms with E-state index >= 15 is 0 Å². The van der Waals surface area contributed by atoms with Gasteiger partial charge in [0, 0.05) is 30.7 Å². The number of nitrogens with zero attached hydrogens (tertiary/aromatic N) is 1. The lowest BCUT2D eigenvalue weighted by atomic mass is 9.96. The number of carbonyl (C=O) groups excluding carboxylic acids is 1. The van der Waals surface area contributed by atoms with Gasteiger partial charge >= 0.3 is 6.03 Å². The van der Waals surface area contributed by atoms with Gasteiger partial charge in [-0.2, -0.15) is 0 Å². The van der Waals surface area contributed by atoms with Crippen molar-refractivity contribution in [2.45, 2.75) is 43.2 Å². The summed E-state index contributed by atoms with van der Waals surface area (Å²) in [6.07, 6.45) is 7.79. The van der Waals surface area contributed by atoms with Crippen LogP contribution in [0.15, 0.2) is 53.7 Å². The molecule has 0 spiro atoms. The number of aromatic nitrogens is 1. The standard InChI is InChI=1S/C20H24N4O3S/c25-20(22-13-15-2-1-9-21-12-15)23-17-5-7-18(8-6-17)28(26,27)24-19-11-14-3-4-16(19)10-14/h1-2,5-9,12,14,16,19,24H,3-4,10-11,13H2,(H2,22,23,25)/t14-,16-,19-/m0/s1. The minimum absolute atomic E-state index is 0.0554. The largest absolute Gasteiger partial charge is 0.334 e. The van der Waals surface area contributed by atoms with Crippen molar-refractivity contribution in [1.82, 2.24) is 15.0 Å². The Bertz CT molecular complexity index is 932. The maximum absolute atomic E-state index is 12.6. The van der Waals surface area contributed by atoms with Crippen LogP contribution in [0.25, 0.3) is 0 Å². The van der Waals surface area contributed by atoms with E-state index in [2.05, 4.69) is 20.3 Å². The molecule has 2 aliphatic rings. The van der Waals surface area contributed by atoms with Gasteiger partial charge in [0.2, 0.25) is 10.0 Å². The maximum Gasteiger partial charge on any atom is 0.319 e. The topological polar surface area (TPSA) is 100 Å². The summed E-state index contributed by atoms with van der Waals surface area (Å²) in [4.78, 5) is 16.2. The van der Waals surface area contributed by atoms with Crippen LogP contribution >= 0.6 is 0 Å². The van der Waals surface area contributed by atoms with E-state index in [4.69, 9.17) is 0 Å². The summed E-state index contributed by atoms with van der Waals surface area (Å²) in [5.74, 6) is 1.15. The van der Waals surface area contributed by atoms with E-state index in [-0.39, 0.29) is 17.0 Å². The Hall–Kier alpha value is -2.45. The fourth-order valence-electron chi connectivity index (χ4n) is 4.23. The van der Waals surface area contributed by atoms with Crippen molar-refractivity contribution in [2.24, 2.45) is 11.8 Å². The first-order chi connectivity index (χ1) is 13.5. The zero-order valence-electron chi connectivity index (χ0n) is 15.5. The van der Waals surface area contributed by atoms with Crippen molar-refractivity contribution >= 4 is 21.7 Å². The second-order valence-electron chi connectivity index (χ2n) is 7.60. The highest BCUT2D eigenvalue weighted by Gasteiger charge is 2.41. The molecule has 0 saturated heterocycles. The van der Waals surface area contributed by atoms with Gasteiger partial charge in [0.15, 0.2) is 0 Å². The van der Waals surface area contributed by atoms with E-state index in [1.165, 1.54) is 18.6 Å². The summed E-state index contributed by atoms with van der Waals surface area (Å²) in [5, 5.41) is 5.44. The molecule has 1 aromatic carbocycles. The monoisotopic (exact) mass is 400 g/mol. The summed E-state index contributed by atoms with van der Waals surface area (Å²) in [7, 11) is -3.54. The van der Waals surface area contributed by atoms with Crippen molar-refractivity contribution in [3.8, 4) is 0 Å². The number of hydrogen-bond donors (Lipinski definition) is 3. The molecule has 3 atom stereocenters. The molecule has 2 bridgehead atoms. The Morgan fingerprint density at radius 1 is 1.11 bits per heavy atom. The van der Waals surface area contributed by atoms with Crippen LogP contribution in [0.2, 0.25) is 0 Å². The molecular weight excluding hydrogens is 376 g/mol. The van der Waals surface area contributed by atoms with Crippen molar-refractivity contribution in [2.75, 3.05) is 5.32 Å². The first-order valence-electron chi connectivity index (χ1n) is 9.56. The fourth-order valence-corrected chi connectivity index (χ4v) is 5.55. The van der Waals surface area contributed by atoms with Crippen LogP contribution in [0.3, 0.4) is 0 Å². The highest BCUT2D eigenvalue weighted by molar-refractivity contribution is 7.89. The van der Waals surface area contributed by atoms with Gasteiger partial charge in [0.25, 0.3) is 0 Å². The van der Waals surface area contributed by atoms with Crippen LogP contribution in [0.5, 0.6) is 0 Å². The third-order valence-electron chi connectivity index (χ3n) is 5.64. The van der Waals surface area contributed by atoms with Gasteiger partial charge in [-0.3, -0.25) is 4.98 Å². The molecule has 0 radical (unpaired) electrons. The van der Waals surface area contributed by atoms with E-state index in [0.29, 0.717) is 24.1 Å². The average Bonchev–Trinajstić information content (AvgIpc) is 3.30. The highest BCUT2D eigenvalue weighted by Crippen LogP contribution is 2.44. The first-order valence-corrected chi connectivity index (χ1v) is 11.0. The molecule has 0 aliphatic heterocycles. The van der Waals surface area contributed by atoms with Crippen LogP contribution in [0.1, 0.15) is 31.2 Å². The Balaban J connectivity index is 1.32. The summed E-state index contributed by atoms with van der Waals surface area (Å²) < 4.78 is 28.1. The van der Waals surface area contributed by atoms with E-state index in [9.17, 15) is 13.2 Å². The van der Waals surface area contributed by atoms with E-state index in [1.54, 1.807) is 30.6 Å². The van der Waals surface area contributed by atoms with Gasteiger partial charge in [-0.25, -0.2) is 17.9 Å². The molecule has 8 heteroatoms. The molecule has 0 unspecified atom stereocenters. The molecule has 2 saturated carbocycles. The number of rotatable bonds is 6. The van der Waals surface area contributed by atoms with Gasteiger partial charge in [0.05, 0.1) is 4.90 Å². The van der Waals surface area contributed by atoms with Crippen LogP contribution in [0.4, 0.5) is 10.5 Å². The van der Waals surface area contributed by atoms with Crippen LogP contribution in [-0.4, -0.2) is 25.5 Å². The number of pyridine rings is 1. The van der Waals surface area contributed by atoms with Gasteiger partial charge in [-0.15, -0.1) is 0 Å². The average molecular weight is 401 g/mol. The first kappa shape index (κ1) is 18.9. The fraction of sp³-hybridized carbons (Fsp3) is 0.400. The van der Waals surface area contributed by atoms with E-state index in [0.717, 1.165) is 24.8 Å². The quantitative estimate of drug-likeness (QED) is 0.694. The number of hydrogen-bond acceptors (Lipinski definition) is 4. The molecule has 2 amide bonds. The molecular formula is C20H24N4O3S. The number of anilines is 1. The molecule has 2 aliphatic carbocycles. The summed E-state index contributed by atoms with van der Waals surface area (Å²) in [5.41, 5.74) is 1.42. The molecule has 1 heterocycles. The Morgan fingerprint density at radius 2 is 1.93 bits per heavy atom. The Morgan fingerprint density at radius 3 is 2.57 bits per heavy atom. The SMILES string of the molecule is O=C(NCc1cccnc1)Nc1ccc(S(=O)(=O)N[C@H]2C[C@H]3CC[C@H]2C3)cc1. The Labute approximate surface area is 165 Å². The summed E-state index contributed by atoms with van der Waals surface area (Å²) >= 11 is 0. The van der Waals surface area contributed by atoms with Gasteiger partial charge in [-0.05, 0) is 67.0 Å². The lowest BCUT2D eigenvalue weighted by Crippen LogP contribution is -2.38. The zero-order valence-corrected chi connectivity index (χ0v) is 16.3. The highest BCUT2D eigenvalue weighted by atomic mass is 32.2. The minimum atomic E-state index is -3.54. The smallest absolute Gasteiger partial charge is 0.319 e. The number of fused-ring (bicyclic) bond motifs is 2. The summed E-state index contributed by atoms with van der Waals surface area (Å²) in [6, 6.07) is 9.60. The molecule has 3 N–H and O–H groups in total. The molecule has 1 aromatic heterocycles. The number of sulfonamides is 1. The Kier molecular flexibility index (Phi) is 5.32. The number of benzene rings is 1. The molecule has 2 fully saturated rings. The number of nitrogens with one attached hydrogen (secondary N) is 3. The third kappa shape index (κ3) is 4.34. The number of urea groups is 1. The third-order valence-corrected chi connectivity index (χ3v) is 7.15. The molecule has 148 valence electrons. The predicted molar refractivity (Wildman–Crippen MR) is 106 cm³/mol. The van der Waals surface area contributed by atoms with E-state index in [1.807, 2.05) is 6.07 Å². The van der Waals surface area contributed by atoms with Gasteiger partial charge in [-0.1, -0.05) is 12.5 Å². The van der Waals surface area contributed by atoms with Crippen molar-refractivity contribution < 1.29 is 13.2 Å². The maximum atomic E-state index is 12.6. The van der Waals surface area contributed by atoms with Gasteiger partial charge in [0.1, 0.15) is 0 Å². The minimum Gasteiger partial charge on any atom is -0.334 e. The predicted octanol–water partition coefficient (Wildman–Crippen LogP) is 2.87. The molecule has 7 nitrogen and oxygen atoms in total. The lowest BCUT2D eigenvalue weighted by Gasteiger charge is -2.22. The zero-order chi connectivity index (χ0) is 19.6. The summed E-state index contributed by atoms with van der Waals surface area (Å²) in [6.45, 7) is 0.361. The number of amides is 2. The van der Waals surface area contributed by atoms with Crippen LogP contribution in [-0.2, 0) is 16.6 Å².